The molecule has 10 heteroatoms. The van der Waals surface area contributed by atoms with E-state index in [0.717, 1.165) is 29.5 Å². The van der Waals surface area contributed by atoms with Gasteiger partial charge in [-0.2, -0.15) is 0 Å². The molecule has 0 saturated carbocycles. The van der Waals surface area contributed by atoms with Crippen LogP contribution in [-0.2, 0) is 21.1 Å². The van der Waals surface area contributed by atoms with Crippen LogP contribution in [0.4, 0.5) is 11.5 Å². The molecule has 0 aliphatic rings. The van der Waals surface area contributed by atoms with Crippen LogP contribution in [0, 0.1) is 0 Å². The predicted molar refractivity (Wildman–Crippen MR) is 111 cm³/mol. The number of thiophene rings is 1. The Labute approximate surface area is 171 Å². The number of nitrogens with zero attached hydrogens (tertiary/aromatic N) is 2. The normalized spacial score (nSPS) is 11.3. The zero-order valence-corrected chi connectivity index (χ0v) is 17.4. The second-order valence-electron chi connectivity index (χ2n) is 5.72. The van der Waals surface area contributed by atoms with Crippen LogP contribution in [-0.4, -0.2) is 30.0 Å². The van der Waals surface area contributed by atoms with Gasteiger partial charge in [-0.1, -0.05) is 36.9 Å². The quantitative estimate of drug-likeness (QED) is 0.433. The molecule has 146 valence electrons. The average Bonchev–Trinajstić information content (AvgIpc) is 3.22. The van der Waals surface area contributed by atoms with E-state index in [9.17, 15) is 13.2 Å². The predicted octanol–water partition coefficient (Wildman–Crippen LogP) is 3.25. The molecule has 0 fully saturated rings. The van der Waals surface area contributed by atoms with Crippen LogP contribution in [0.2, 0.25) is 0 Å². The molecule has 3 aromatic rings. The number of nitrogens with two attached hydrogens (primary N) is 1. The van der Waals surface area contributed by atoms with Gasteiger partial charge in [-0.15, -0.1) is 11.3 Å². The van der Waals surface area contributed by atoms with Gasteiger partial charge in [0.15, 0.2) is 5.16 Å². The Morgan fingerprint density at radius 2 is 2.00 bits per heavy atom. The maximum atomic E-state index is 12.5. The fraction of sp³-hybridized carbons (Fsp3) is 0.167. The molecule has 3 N–H and O–H groups in total. The Kier molecular flexibility index (Phi) is 6.32. The smallest absolute Gasteiger partial charge is 0.234 e. The minimum Gasteiger partial charge on any atom is -0.382 e. The maximum absolute atomic E-state index is 12.5. The van der Waals surface area contributed by atoms with E-state index in [1.54, 1.807) is 11.4 Å². The van der Waals surface area contributed by atoms with Crippen molar-refractivity contribution in [2.24, 2.45) is 0 Å². The average molecular weight is 435 g/mol. The van der Waals surface area contributed by atoms with Crippen LogP contribution < -0.4 is 11.1 Å². The fourth-order valence-corrected chi connectivity index (χ4v) is 5.32. The Balaban J connectivity index is 1.63. The molecule has 28 heavy (non-hydrogen) atoms. The van der Waals surface area contributed by atoms with Gasteiger partial charge in [0.2, 0.25) is 15.7 Å². The highest BCUT2D eigenvalue weighted by molar-refractivity contribution is 7.99. The summed E-state index contributed by atoms with van der Waals surface area (Å²) in [7, 11) is -3.74. The molecule has 0 aliphatic carbocycles. The lowest BCUT2D eigenvalue weighted by Crippen LogP contribution is -2.14. The van der Waals surface area contributed by atoms with E-state index in [1.165, 1.54) is 17.8 Å². The minimum absolute atomic E-state index is 0.0754. The zero-order valence-electron chi connectivity index (χ0n) is 15.0. The minimum atomic E-state index is -3.74. The third-order valence-corrected chi connectivity index (χ3v) is 7.82. The van der Waals surface area contributed by atoms with E-state index in [2.05, 4.69) is 22.2 Å². The van der Waals surface area contributed by atoms with Gasteiger partial charge in [0.1, 0.15) is 14.9 Å². The molecule has 0 spiro atoms. The van der Waals surface area contributed by atoms with E-state index in [-0.39, 0.29) is 31.7 Å². The number of rotatable bonds is 7. The van der Waals surface area contributed by atoms with E-state index >= 15 is 0 Å². The van der Waals surface area contributed by atoms with Crippen molar-refractivity contribution in [3.8, 4) is 0 Å². The Morgan fingerprint density at radius 1 is 1.25 bits per heavy atom. The molecule has 3 rings (SSSR count). The van der Waals surface area contributed by atoms with Gasteiger partial charge < -0.3 is 11.1 Å². The van der Waals surface area contributed by atoms with Crippen LogP contribution in [0.5, 0.6) is 0 Å². The molecular weight excluding hydrogens is 416 g/mol. The summed E-state index contributed by atoms with van der Waals surface area (Å²) in [6, 6.07) is 10.8. The fourth-order valence-electron chi connectivity index (χ4n) is 2.32. The highest BCUT2D eigenvalue weighted by Crippen LogP contribution is 2.28. The zero-order chi connectivity index (χ0) is 20.1. The number of nitrogens with one attached hydrogen (secondary N) is 1. The molecular formula is C18H18N4O3S3. The third kappa shape index (κ3) is 4.70. The SMILES string of the molecule is CCc1ccc(NC(=O)CSc2ncc(S(=O)(=O)c3cccs3)c(N)n2)cc1. The van der Waals surface area contributed by atoms with Crippen molar-refractivity contribution in [2.45, 2.75) is 27.6 Å². The number of aromatic nitrogens is 2. The molecule has 0 radical (unpaired) electrons. The summed E-state index contributed by atoms with van der Waals surface area (Å²) in [6.45, 7) is 2.06. The Hall–Kier alpha value is -2.43. The number of nitrogen functional groups attached to an aromatic ring is 1. The molecule has 0 bridgehead atoms. The van der Waals surface area contributed by atoms with E-state index in [0.29, 0.717) is 5.69 Å². The number of thioether (sulfide) groups is 1. The van der Waals surface area contributed by atoms with Crippen molar-refractivity contribution in [2.75, 3.05) is 16.8 Å². The summed E-state index contributed by atoms with van der Waals surface area (Å²) in [6.07, 6.45) is 2.11. The maximum Gasteiger partial charge on any atom is 0.234 e. The Bertz CT molecular complexity index is 1070. The van der Waals surface area contributed by atoms with Crippen LogP contribution in [0.15, 0.2) is 62.2 Å². The molecule has 0 atom stereocenters. The standard InChI is InChI=1S/C18H18N4O3S3/c1-2-12-5-7-13(8-6-12)21-15(23)11-27-18-20-10-14(17(19)22-18)28(24,25)16-4-3-9-26-16/h3-10H,2,11H2,1H3,(H,21,23)(H2,19,20,22). The van der Waals surface area contributed by atoms with Crippen molar-refractivity contribution < 1.29 is 13.2 Å². The molecule has 1 aromatic carbocycles. The highest BCUT2D eigenvalue weighted by Gasteiger charge is 2.23. The summed E-state index contributed by atoms with van der Waals surface area (Å²) >= 11 is 2.18. The van der Waals surface area contributed by atoms with Crippen molar-refractivity contribution >= 4 is 50.3 Å². The van der Waals surface area contributed by atoms with E-state index in [1.807, 2.05) is 24.3 Å². The molecule has 7 nitrogen and oxygen atoms in total. The van der Waals surface area contributed by atoms with Crippen LogP contribution in [0.3, 0.4) is 0 Å². The summed E-state index contributed by atoms with van der Waals surface area (Å²) in [5, 5.41) is 4.70. The van der Waals surface area contributed by atoms with Gasteiger partial charge in [-0.25, -0.2) is 18.4 Å². The van der Waals surface area contributed by atoms with E-state index in [4.69, 9.17) is 5.73 Å². The lowest BCUT2D eigenvalue weighted by Gasteiger charge is -2.07. The second kappa shape index (κ2) is 8.72. The molecule has 0 saturated heterocycles. The lowest BCUT2D eigenvalue weighted by atomic mass is 10.1. The van der Waals surface area contributed by atoms with Crippen molar-refractivity contribution in [1.82, 2.24) is 9.97 Å². The largest absolute Gasteiger partial charge is 0.382 e. The first-order valence-corrected chi connectivity index (χ1v) is 11.7. The summed E-state index contributed by atoms with van der Waals surface area (Å²) in [5.41, 5.74) is 7.73. The van der Waals surface area contributed by atoms with E-state index < -0.39 is 9.84 Å². The number of hydrogen-bond acceptors (Lipinski definition) is 8. The first-order valence-electron chi connectivity index (χ1n) is 8.33. The molecule has 0 aliphatic heterocycles. The van der Waals surface area contributed by atoms with Gasteiger partial charge in [-0.05, 0) is 35.6 Å². The number of hydrogen-bond donors (Lipinski definition) is 2. The molecule has 2 aromatic heterocycles. The van der Waals surface area contributed by atoms with Crippen molar-refractivity contribution in [1.29, 1.82) is 0 Å². The van der Waals surface area contributed by atoms with Gasteiger partial charge in [-0.3, -0.25) is 4.79 Å². The van der Waals surface area contributed by atoms with Crippen LogP contribution in [0.1, 0.15) is 12.5 Å². The second-order valence-corrected chi connectivity index (χ2v) is 9.76. The third-order valence-electron chi connectivity index (χ3n) is 3.79. The lowest BCUT2D eigenvalue weighted by molar-refractivity contribution is -0.113. The van der Waals surface area contributed by atoms with Gasteiger partial charge >= 0.3 is 0 Å². The number of aryl methyl sites for hydroxylation is 1. The number of anilines is 2. The van der Waals surface area contributed by atoms with Gasteiger partial charge in [0.25, 0.3) is 0 Å². The summed E-state index contributed by atoms with van der Waals surface area (Å²) in [5.74, 6) is -0.278. The number of sulfone groups is 1. The van der Waals surface area contributed by atoms with Gasteiger partial charge in [0, 0.05) is 5.69 Å². The highest BCUT2D eigenvalue weighted by atomic mass is 32.2. The number of carbonyl (C=O) groups is 1. The summed E-state index contributed by atoms with van der Waals surface area (Å²) < 4.78 is 25.2. The number of carbonyl (C=O) groups excluding carboxylic acids is 1. The van der Waals surface area contributed by atoms with Crippen LogP contribution >= 0.6 is 23.1 Å². The molecule has 0 unspecified atom stereocenters. The summed E-state index contributed by atoms with van der Waals surface area (Å²) in [4.78, 5) is 20.0. The van der Waals surface area contributed by atoms with Crippen molar-refractivity contribution in [3.05, 3.63) is 53.5 Å². The Morgan fingerprint density at radius 3 is 2.61 bits per heavy atom. The molecule has 1 amide bonds. The topological polar surface area (TPSA) is 115 Å². The number of amides is 1. The first kappa shape index (κ1) is 20.3. The number of benzene rings is 1. The van der Waals surface area contributed by atoms with Gasteiger partial charge in [0.05, 0.1) is 11.9 Å². The monoisotopic (exact) mass is 434 g/mol. The molecule has 2 heterocycles. The van der Waals surface area contributed by atoms with Crippen molar-refractivity contribution in [3.63, 3.8) is 0 Å². The first-order chi connectivity index (χ1) is 13.4. The van der Waals surface area contributed by atoms with Crippen LogP contribution in [0.25, 0.3) is 0 Å².